The molecule has 0 spiro atoms. The van der Waals surface area contributed by atoms with Gasteiger partial charge in [0.1, 0.15) is 23.0 Å². The Bertz CT molecular complexity index is 1310. The second-order valence-electron chi connectivity index (χ2n) is 7.36. The summed E-state index contributed by atoms with van der Waals surface area (Å²) < 4.78 is 12.7. The number of hydrogen-bond acceptors (Lipinski definition) is 3. The first-order valence-electron chi connectivity index (χ1n) is 9.50. The largest absolute Gasteiger partial charge is 0.456 e. The molecule has 7 rings (SSSR count). The average Bonchev–Trinajstić information content (AvgIpc) is 2.73. The van der Waals surface area contributed by atoms with Crippen molar-refractivity contribution in [3.63, 3.8) is 0 Å². The first-order chi connectivity index (χ1) is 14.7. The van der Waals surface area contributed by atoms with Crippen LogP contribution in [-0.2, 0) is 0 Å². The molecule has 0 saturated heterocycles. The highest BCUT2D eigenvalue weighted by Gasteiger charge is 2.45. The van der Waals surface area contributed by atoms with Gasteiger partial charge in [0.25, 0.3) is 0 Å². The number of para-hydroxylation sites is 1. The molecule has 0 saturated carbocycles. The molecule has 3 heterocycles. The number of benzene rings is 4. The normalized spacial score (nSPS) is 14.7. The van der Waals surface area contributed by atoms with E-state index >= 15 is 0 Å². The first-order valence-corrected chi connectivity index (χ1v) is 11.6. The maximum atomic E-state index is 6.56. The van der Waals surface area contributed by atoms with Crippen LogP contribution in [0.1, 0.15) is 0 Å². The fraction of sp³-hybridized carbons (Fsp3) is 0. The zero-order chi connectivity index (χ0) is 20.0. The monoisotopic (exact) mass is 447 g/mol. The summed E-state index contributed by atoms with van der Waals surface area (Å²) in [4.78, 5) is 2.21. The van der Waals surface area contributed by atoms with E-state index in [1.165, 1.54) is 0 Å². The van der Waals surface area contributed by atoms with Gasteiger partial charge in [-0.3, -0.25) is 0 Å². The van der Waals surface area contributed by atoms with Gasteiger partial charge in [-0.2, -0.15) is 0 Å². The van der Waals surface area contributed by atoms with Gasteiger partial charge in [0.2, 0.25) is 0 Å². The number of hydrogen-bond donors (Lipinski definition) is 0. The van der Waals surface area contributed by atoms with Crippen molar-refractivity contribution in [1.29, 1.82) is 0 Å². The molecule has 0 bridgehead atoms. The Morgan fingerprint density at radius 3 is 1.73 bits per heavy atom. The molecule has 3 aliphatic heterocycles. The molecule has 3 nitrogen and oxygen atoms in total. The third-order valence-corrected chi connectivity index (χ3v) is 8.73. The predicted octanol–water partition coefficient (Wildman–Crippen LogP) is 6.75. The number of nitrogens with zero attached hydrogens (tertiary/aromatic N) is 1. The van der Waals surface area contributed by atoms with Crippen LogP contribution in [0.3, 0.4) is 0 Å². The van der Waals surface area contributed by atoms with Gasteiger partial charge < -0.3 is 14.4 Å². The van der Waals surface area contributed by atoms with Gasteiger partial charge in [-0.05, 0) is 36.4 Å². The van der Waals surface area contributed by atoms with Gasteiger partial charge in [0.05, 0.1) is 27.3 Å². The smallest absolute Gasteiger partial charge is 0.139 e. The molecule has 0 aliphatic carbocycles. The van der Waals surface area contributed by atoms with Gasteiger partial charge in [-0.15, -0.1) is 0 Å². The van der Waals surface area contributed by atoms with E-state index in [1.807, 2.05) is 60.7 Å². The van der Waals surface area contributed by atoms with Crippen LogP contribution >= 0.6 is 31.1 Å². The van der Waals surface area contributed by atoms with Crippen molar-refractivity contribution in [1.82, 2.24) is 0 Å². The summed E-state index contributed by atoms with van der Waals surface area (Å²) in [6, 6.07) is 24.1. The van der Waals surface area contributed by atoms with E-state index in [0.717, 1.165) is 56.0 Å². The van der Waals surface area contributed by atoms with Crippen molar-refractivity contribution in [2.45, 2.75) is 0 Å². The van der Waals surface area contributed by atoms with Gasteiger partial charge in [0, 0.05) is 35.8 Å². The molecule has 4 aromatic carbocycles. The lowest BCUT2D eigenvalue weighted by Gasteiger charge is -2.43. The van der Waals surface area contributed by atoms with E-state index in [1.54, 1.807) is 0 Å². The maximum absolute atomic E-state index is 6.56. The summed E-state index contributed by atoms with van der Waals surface area (Å²) in [5.41, 5.74) is 3.08. The fourth-order valence-electron chi connectivity index (χ4n) is 4.51. The van der Waals surface area contributed by atoms with Crippen LogP contribution in [0.25, 0.3) is 0 Å². The Labute approximate surface area is 184 Å². The Morgan fingerprint density at radius 1 is 0.600 bits per heavy atom. The number of rotatable bonds is 1. The highest BCUT2D eigenvalue weighted by atomic mass is 35.5. The topological polar surface area (TPSA) is 21.7 Å². The Kier molecular flexibility index (Phi) is 3.36. The van der Waals surface area contributed by atoms with E-state index in [9.17, 15) is 0 Å². The van der Waals surface area contributed by atoms with Crippen LogP contribution in [0.2, 0.25) is 10.0 Å². The molecule has 0 fully saturated rings. The highest BCUT2D eigenvalue weighted by molar-refractivity contribution is 7.81. The van der Waals surface area contributed by atoms with E-state index in [2.05, 4.69) is 17.0 Å². The lowest BCUT2D eigenvalue weighted by atomic mass is 10.1. The molecule has 0 unspecified atom stereocenters. The summed E-state index contributed by atoms with van der Waals surface area (Å²) in [7, 11) is -0.854. The summed E-state index contributed by atoms with van der Waals surface area (Å²) in [6.45, 7) is 0. The fourth-order valence-corrected chi connectivity index (χ4v) is 7.72. The second kappa shape index (κ2) is 5.92. The molecule has 30 heavy (non-hydrogen) atoms. The average molecular weight is 448 g/mol. The van der Waals surface area contributed by atoms with E-state index < -0.39 is 7.92 Å². The van der Waals surface area contributed by atoms with Gasteiger partial charge in [0.15, 0.2) is 0 Å². The van der Waals surface area contributed by atoms with Crippen molar-refractivity contribution < 1.29 is 9.47 Å². The Morgan fingerprint density at radius 2 is 1.17 bits per heavy atom. The third kappa shape index (κ3) is 2.15. The molecule has 4 aromatic rings. The Hall–Kier alpha value is -2.71. The maximum Gasteiger partial charge on any atom is 0.139 e. The molecule has 3 aliphatic rings. The van der Waals surface area contributed by atoms with Crippen molar-refractivity contribution in [2.24, 2.45) is 0 Å². The van der Waals surface area contributed by atoms with Crippen LogP contribution in [-0.4, -0.2) is 0 Å². The SMILES string of the molecule is Clc1cc2c3c(c1)N(c1ccccc1)c1cc(Cl)cc4c1P3c1c(cccc1O4)O2. The van der Waals surface area contributed by atoms with Crippen LogP contribution in [0.5, 0.6) is 23.0 Å². The number of halogens is 2. The third-order valence-electron chi connectivity index (χ3n) is 5.61. The summed E-state index contributed by atoms with van der Waals surface area (Å²) >= 11 is 13.1. The summed E-state index contributed by atoms with van der Waals surface area (Å²) in [5, 5.41) is 4.72. The predicted molar refractivity (Wildman–Crippen MR) is 124 cm³/mol. The standard InChI is InChI=1S/C24H12Cl2NO2P/c25-13-9-16-22-20(11-13)28-18-7-4-8-19-24(18)30(22)23-17(10-14(26)12-21(23)29-19)27(16)15-5-2-1-3-6-15/h1-12H. The van der Waals surface area contributed by atoms with Crippen molar-refractivity contribution in [3.8, 4) is 23.0 Å². The molecule has 0 aromatic heterocycles. The minimum Gasteiger partial charge on any atom is -0.456 e. The lowest BCUT2D eigenvalue weighted by Crippen LogP contribution is -2.39. The quantitative estimate of drug-likeness (QED) is 0.260. The Balaban J connectivity index is 1.65. The van der Waals surface area contributed by atoms with Crippen molar-refractivity contribution in [3.05, 3.63) is 82.8 Å². The summed E-state index contributed by atoms with van der Waals surface area (Å²) in [6.07, 6.45) is 0. The lowest BCUT2D eigenvalue weighted by molar-refractivity contribution is 0.466. The van der Waals surface area contributed by atoms with Gasteiger partial charge >= 0.3 is 0 Å². The molecular formula is C24H12Cl2NO2P. The van der Waals surface area contributed by atoms with Crippen molar-refractivity contribution >= 4 is 64.1 Å². The van der Waals surface area contributed by atoms with E-state index in [4.69, 9.17) is 32.7 Å². The number of ether oxygens (including phenoxy) is 2. The van der Waals surface area contributed by atoms with E-state index in [-0.39, 0.29) is 0 Å². The first kappa shape index (κ1) is 17.0. The zero-order valence-corrected chi connectivity index (χ0v) is 17.8. The number of anilines is 3. The highest BCUT2D eigenvalue weighted by Crippen LogP contribution is 2.60. The minimum absolute atomic E-state index is 0.637. The molecule has 0 radical (unpaired) electrons. The zero-order valence-electron chi connectivity index (χ0n) is 15.4. The molecule has 0 N–H and O–H groups in total. The van der Waals surface area contributed by atoms with Crippen LogP contribution < -0.4 is 30.3 Å². The van der Waals surface area contributed by atoms with Crippen molar-refractivity contribution in [2.75, 3.05) is 4.90 Å². The molecule has 144 valence electrons. The molecular weight excluding hydrogens is 436 g/mol. The van der Waals surface area contributed by atoms with E-state index in [0.29, 0.717) is 10.0 Å². The van der Waals surface area contributed by atoms with Gasteiger partial charge in [-0.25, -0.2) is 0 Å². The minimum atomic E-state index is -0.854. The molecule has 6 heteroatoms. The van der Waals surface area contributed by atoms with Crippen LogP contribution in [0.4, 0.5) is 17.1 Å². The van der Waals surface area contributed by atoms with Crippen LogP contribution in [0, 0.1) is 0 Å². The molecule has 0 atom stereocenters. The summed E-state index contributed by atoms with van der Waals surface area (Å²) in [5.74, 6) is 3.28. The van der Waals surface area contributed by atoms with Crippen LogP contribution in [0.15, 0.2) is 72.8 Å². The molecule has 0 amide bonds. The second-order valence-corrected chi connectivity index (χ2v) is 10.2. The van der Waals surface area contributed by atoms with Gasteiger partial charge in [-0.1, -0.05) is 47.5 Å².